The van der Waals surface area contributed by atoms with Crippen molar-refractivity contribution in [3.63, 3.8) is 0 Å². The van der Waals surface area contributed by atoms with E-state index in [2.05, 4.69) is 20.9 Å². The largest absolute Gasteiger partial charge is 0.772 e. The minimum Gasteiger partial charge on any atom is -0.772 e. The average molecular weight is 311 g/mol. The lowest BCUT2D eigenvalue weighted by molar-refractivity contribution is 0.536. The fraction of sp³-hybridized carbons (Fsp3) is 0.0833. The van der Waals surface area contributed by atoms with E-state index in [-0.39, 0.29) is 5.75 Å². The van der Waals surface area contributed by atoms with Crippen molar-refractivity contribution in [3.8, 4) is 11.3 Å². The van der Waals surface area contributed by atoms with Gasteiger partial charge in [0, 0.05) is 22.0 Å². The zero-order valence-electron chi connectivity index (χ0n) is 8.80. The lowest BCUT2D eigenvalue weighted by Gasteiger charge is -2.06. The van der Waals surface area contributed by atoms with E-state index in [1.807, 2.05) is 24.3 Å². The number of pyridine rings is 1. The van der Waals surface area contributed by atoms with Crippen LogP contribution in [-0.4, -0.2) is 13.7 Å². The first-order valence-electron chi connectivity index (χ1n) is 4.92. The van der Waals surface area contributed by atoms with Gasteiger partial charge in [-0.15, -0.1) is 0 Å². The number of hydrogen-bond donors (Lipinski definition) is 0. The van der Waals surface area contributed by atoms with Gasteiger partial charge in [-0.25, -0.2) is 0 Å². The van der Waals surface area contributed by atoms with E-state index in [0.717, 1.165) is 21.3 Å². The Morgan fingerprint density at radius 1 is 1.18 bits per heavy atom. The number of nitrogens with zero attached hydrogens (tertiary/aromatic N) is 1. The van der Waals surface area contributed by atoms with Crippen molar-refractivity contribution >= 4 is 27.0 Å². The van der Waals surface area contributed by atoms with Crippen molar-refractivity contribution in [1.29, 1.82) is 0 Å². The average Bonchev–Trinajstić information content (AvgIpc) is 2.30. The van der Waals surface area contributed by atoms with Gasteiger partial charge in [-0.2, -0.15) is 0 Å². The highest BCUT2D eigenvalue weighted by atomic mass is 79.9. The maximum atomic E-state index is 10.5. The van der Waals surface area contributed by atoms with Crippen LogP contribution >= 0.6 is 15.9 Å². The zero-order valence-corrected chi connectivity index (χ0v) is 11.2. The van der Waals surface area contributed by atoms with Crippen molar-refractivity contribution in [2.75, 3.05) is 0 Å². The molecule has 0 spiro atoms. The van der Waals surface area contributed by atoms with Gasteiger partial charge >= 0.3 is 0 Å². The van der Waals surface area contributed by atoms with E-state index >= 15 is 0 Å². The highest BCUT2D eigenvalue weighted by Gasteiger charge is 1.99. The number of aromatic nitrogens is 1. The van der Waals surface area contributed by atoms with Crippen LogP contribution in [0.4, 0.5) is 0 Å². The molecule has 0 saturated carbocycles. The number of benzene rings is 1. The molecular formula is C12H9BrNO2S-. The molecule has 0 aliphatic rings. The summed E-state index contributed by atoms with van der Waals surface area (Å²) in [4.78, 5) is 4.27. The van der Waals surface area contributed by atoms with Crippen LogP contribution in [0.15, 0.2) is 47.1 Å². The molecule has 1 aromatic heterocycles. The summed E-state index contributed by atoms with van der Waals surface area (Å²) >= 11 is 1.28. The van der Waals surface area contributed by atoms with Crippen molar-refractivity contribution < 1.29 is 8.76 Å². The van der Waals surface area contributed by atoms with Crippen LogP contribution < -0.4 is 0 Å². The third kappa shape index (κ3) is 3.46. The van der Waals surface area contributed by atoms with Gasteiger partial charge in [0.25, 0.3) is 0 Å². The van der Waals surface area contributed by atoms with Crippen molar-refractivity contribution in [3.05, 3.63) is 52.6 Å². The zero-order chi connectivity index (χ0) is 12.3. The molecule has 1 aromatic carbocycles. The molecule has 2 rings (SSSR count). The Kier molecular flexibility index (Phi) is 4.04. The second-order valence-corrected chi connectivity index (χ2v) is 5.32. The quantitative estimate of drug-likeness (QED) is 0.819. The maximum Gasteiger partial charge on any atom is 0.0702 e. The molecule has 0 saturated heterocycles. The second kappa shape index (κ2) is 5.53. The summed E-state index contributed by atoms with van der Waals surface area (Å²) in [5, 5.41) is 0. The van der Waals surface area contributed by atoms with E-state index in [0.29, 0.717) is 0 Å². The molecule has 5 heteroatoms. The normalized spacial score (nSPS) is 12.4. The molecule has 0 fully saturated rings. The lowest BCUT2D eigenvalue weighted by Crippen LogP contribution is -1.93. The third-order valence-electron chi connectivity index (χ3n) is 2.26. The first-order chi connectivity index (χ1) is 8.15. The predicted molar refractivity (Wildman–Crippen MR) is 70.0 cm³/mol. The molecule has 0 N–H and O–H groups in total. The highest BCUT2D eigenvalue weighted by molar-refractivity contribution is 9.10. The predicted octanol–water partition coefficient (Wildman–Crippen LogP) is 2.89. The molecule has 0 bridgehead atoms. The third-order valence-corrected chi connectivity index (χ3v) is 3.30. The minimum atomic E-state index is -2.04. The van der Waals surface area contributed by atoms with Crippen molar-refractivity contribution in [2.45, 2.75) is 5.75 Å². The van der Waals surface area contributed by atoms with Crippen LogP contribution in [0.25, 0.3) is 11.3 Å². The van der Waals surface area contributed by atoms with Gasteiger partial charge in [0.05, 0.1) is 5.69 Å². The van der Waals surface area contributed by atoms with Crippen molar-refractivity contribution in [2.24, 2.45) is 0 Å². The van der Waals surface area contributed by atoms with E-state index in [4.69, 9.17) is 0 Å². The summed E-state index contributed by atoms with van der Waals surface area (Å²) in [6.45, 7) is 0. The Hall–Kier alpha value is -1.04. The first kappa shape index (κ1) is 12.4. The highest BCUT2D eigenvalue weighted by Crippen LogP contribution is 2.19. The van der Waals surface area contributed by atoms with Gasteiger partial charge in [-0.05, 0) is 33.6 Å². The molecule has 1 atom stereocenters. The standard InChI is InChI=1S/C12H10BrNO2S/c13-11-5-6-12(14-7-11)10-3-1-9(2-4-10)8-17(15)16/h1-7H,8H2,(H,15,16)/p-1. The lowest BCUT2D eigenvalue weighted by atomic mass is 10.1. The van der Waals surface area contributed by atoms with Crippen LogP contribution in [0.3, 0.4) is 0 Å². The maximum absolute atomic E-state index is 10.5. The number of halogens is 1. The molecule has 1 unspecified atom stereocenters. The second-order valence-electron chi connectivity index (χ2n) is 3.51. The Bertz CT molecular complexity index is 525. The van der Waals surface area contributed by atoms with Gasteiger partial charge in [0.15, 0.2) is 0 Å². The Morgan fingerprint density at radius 3 is 2.41 bits per heavy atom. The SMILES string of the molecule is O=S([O-])Cc1ccc(-c2ccc(Br)cn2)cc1. The number of hydrogen-bond acceptors (Lipinski definition) is 3. The Labute approximate surface area is 110 Å². The molecule has 0 aliphatic heterocycles. The summed E-state index contributed by atoms with van der Waals surface area (Å²) in [5.41, 5.74) is 2.61. The smallest absolute Gasteiger partial charge is 0.0702 e. The summed E-state index contributed by atoms with van der Waals surface area (Å²) < 4.78 is 22.0. The monoisotopic (exact) mass is 310 g/mol. The molecule has 0 radical (unpaired) electrons. The summed E-state index contributed by atoms with van der Waals surface area (Å²) in [5.74, 6) is 0.0496. The molecule has 2 aromatic rings. The molecular weight excluding hydrogens is 302 g/mol. The number of rotatable bonds is 3. The summed E-state index contributed by atoms with van der Waals surface area (Å²) in [6.07, 6.45) is 1.73. The molecule has 1 heterocycles. The van der Waals surface area contributed by atoms with E-state index < -0.39 is 11.1 Å². The van der Waals surface area contributed by atoms with E-state index in [9.17, 15) is 8.76 Å². The molecule has 88 valence electrons. The first-order valence-corrected chi connectivity index (χ1v) is 6.95. The van der Waals surface area contributed by atoms with Gasteiger partial charge in [-0.3, -0.25) is 9.19 Å². The molecule has 3 nitrogen and oxygen atoms in total. The van der Waals surface area contributed by atoms with Crippen molar-refractivity contribution in [1.82, 2.24) is 4.98 Å². The van der Waals surface area contributed by atoms with Crippen LogP contribution in [0.1, 0.15) is 5.56 Å². The van der Waals surface area contributed by atoms with Crippen LogP contribution in [-0.2, 0) is 16.8 Å². The summed E-state index contributed by atoms with van der Waals surface area (Å²) in [7, 11) is 0. The minimum absolute atomic E-state index is 0.0496. The van der Waals surface area contributed by atoms with Gasteiger partial charge < -0.3 is 4.55 Å². The van der Waals surface area contributed by atoms with E-state index in [1.54, 1.807) is 18.3 Å². The van der Waals surface area contributed by atoms with Gasteiger partial charge in [0.2, 0.25) is 0 Å². The van der Waals surface area contributed by atoms with E-state index in [1.165, 1.54) is 0 Å². The van der Waals surface area contributed by atoms with Crippen LogP contribution in [0, 0.1) is 0 Å². The fourth-order valence-electron chi connectivity index (χ4n) is 1.45. The topological polar surface area (TPSA) is 53.0 Å². The Morgan fingerprint density at radius 2 is 1.88 bits per heavy atom. The Balaban J connectivity index is 2.23. The fourth-order valence-corrected chi connectivity index (χ4v) is 2.15. The van der Waals surface area contributed by atoms with Crippen LogP contribution in [0.5, 0.6) is 0 Å². The van der Waals surface area contributed by atoms with Gasteiger partial charge in [-0.1, -0.05) is 35.3 Å². The molecule has 0 amide bonds. The van der Waals surface area contributed by atoms with Gasteiger partial charge in [0.1, 0.15) is 0 Å². The van der Waals surface area contributed by atoms with Crippen LogP contribution in [0.2, 0.25) is 0 Å². The molecule has 0 aliphatic carbocycles. The summed E-state index contributed by atoms with van der Waals surface area (Å²) in [6, 6.07) is 11.2. The molecule has 17 heavy (non-hydrogen) atoms.